The van der Waals surface area contributed by atoms with Crippen molar-refractivity contribution in [3.05, 3.63) is 24.4 Å². The highest BCUT2D eigenvalue weighted by Crippen LogP contribution is 2.27. The molecule has 7 heteroatoms. The fourth-order valence-electron chi connectivity index (χ4n) is 2.64. The minimum atomic E-state index is -3.53. The Balaban J connectivity index is 2.03. The summed E-state index contributed by atoms with van der Waals surface area (Å²) in [5, 5.41) is 0.669. The molecule has 1 aliphatic heterocycles. The topological polar surface area (TPSA) is 88.4 Å². The van der Waals surface area contributed by atoms with Crippen LogP contribution in [0.1, 0.15) is 13.3 Å². The summed E-state index contributed by atoms with van der Waals surface area (Å²) in [6.45, 7) is 3.35. The van der Waals surface area contributed by atoms with Crippen molar-refractivity contribution in [2.75, 3.05) is 25.4 Å². The number of nitrogens with one attached hydrogen (secondary N) is 1. The van der Waals surface area contributed by atoms with E-state index in [1.165, 1.54) is 10.5 Å². The second-order valence-corrected chi connectivity index (χ2v) is 7.26. The second kappa shape index (κ2) is 5.32. The van der Waals surface area contributed by atoms with Crippen molar-refractivity contribution < 1.29 is 13.2 Å². The van der Waals surface area contributed by atoms with E-state index in [1.807, 2.05) is 6.92 Å². The van der Waals surface area contributed by atoms with Crippen LogP contribution in [0.2, 0.25) is 0 Å². The van der Waals surface area contributed by atoms with Gasteiger partial charge in [0, 0.05) is 42.5 Å². The molecule has 1 aliphatic rings. The lowest BCUT2D eigenvalue weighted by molar-refractivity contribution is 0.0752. The van der Waals surface area contributed by atoms with Crippen molar-refractivity contribution in [2.45, 2.75) is 24.3 Å². The van der Waals surface area contributed by atoms with Crippen molar-refractivity contribution in [3.8, 4) is 0 Å². The number of nitrogens with two attached hydrogens (primary N) is 1. The Hall–Kier alpha value is -1.57. The van der Waals surface area contributed by atoms with Gasteiger partial charge in [0.2, 0.25) is 10.0 Å². The Morgan fingerprint density at radius 3 is 3.05 bits per heavy atom. The SMILES string of the molecule is CC1CN(S(=O)(=O)c2c[nH]c3cc(N)ccc23)CCCO1. The normalized spacial score (nSPS) is 21.5. The Morgan fingerprint density at radius 2 is 2.24 bits per heavy atom. The van der Waals surface area contributed by atoms with Gasteiger partial charge in [0.05, 0.1) is 6.10 Å². The van der Waals surface area contributed by atoms with E-state index in [4.69, 9.17) is 10.5 Å². The number of ether oxygens (including phenoxy) is 1. The summed E-state index contributed by atoms with van der Waals surface area (Å²) < 4.78 is 32.8. The van der Waals surface area contributed by atoms with Crippen LogP contribution in [-0.4, -0.2) is 43.5 Å². The first kappa shape index (κ1) is 14.4. The van der Waals surface area contributed by atoms with Crippen LogP contribution in [0.25, 0.3) is 10.9 Å². The number of benzene rings is 1. The summed E-state index contributed by atoms with van der Waals surface area (Å²) in [5.74, 6) is 0. The number of hydrogen-bond donors (Lipinski definition) is 2. The van der Waals surface area contributed by atoms with Crippen molar-refractivity contribution in [1.29, 1.82) is 0 Å². The summed E-state index contributed by atoms with van der Waals surface area (Å²) in [6, 6.07) is 5.19. The van der Waals surface area contributed by atoms with Crippen molar-refractivity contribution in [1.82, 2.24) is 9.29 Å². The number of H-pyrrole nitrogens is 1. The van der Waals surface area contributed by atoms with E-state index in [0.717, 1.165) is 5.52 Å². The zero-order chi connectivity index (χ0) is 15.0. The van der Waals surface area contributed by atoms with Gasteiger partial charge >= 0.3 is 0 Å². The molecule has 114 valence electrons. The van der Waals surface area contributed by atoms with Crippen LogP contribution < -0.4 is 5.73 Å². The van der Waals surface area contributed by atoms with E-state index in [0.29, 0.717) is 42.1 Å². The molecule has 1 unspecified atom stereocenters. The Bertz CT molecular complexity index is 754. The van der Waals surface area contributed by atoms with Gasteiger partial charge in [-0.3, -0.25) is 0 Å². The van der Waals surface area contributed by atoms with Gasteiger partial charge in [-0.1, -0.05) is 0 Å². The zero-order valence-corrected chi connectivity index (χ0v) is 12.7. The van der Waals surface area contributed by atoms with Gasteiger partial charge in [0.25, 0.3) is 0 Å². The van der Waals surface area contributed by atoms with E-state index >= 15 is 0 Å². The minimum Gasteiger partial charge on any atom is -0.399 e. The maximum atomic E-state index is 12.9. The molecule has 0 spiro atoms. The molecular weight excluding hydrogens is 290 g/mol. The standard InChI is InChI=1S/C14H19N3O3S/c1-10-9-17(5-2-6-20-10)21(18,19)14-8-16-13-7-11(15)3-4-12(13)14/h3-4,7-8,10,16H,2,5-6,9,15H2,1H3. The molecule has 0 aliphatic carbocycles. The molecular formula is C14H19N3O3S. The van der Waals surface area contributed by atoms with Crippen molar-refractivity contribution >= 4 is 26.6 Å². The third-order valence-electron chi connectivity index (χ3n) is 3.70. The van der Waals surface area contributed by atoms with Gasteiger partial charge in [0.1, 0.15) is 4.90 Å². The molecule has 1 aromatic heterocycles. The quantitative estimate of drug-likeness (QED) is 0.824. The highest BCUT2D eigenvalue weighted by atomic mass is 32.2. The summed E-state index contributed by atoms with van der Waals surface area (Å²) in [5.41, 5.74) is 7.06. The molecule has 3 N–H and O–H groups in total. The Labute approximate surface area is 123 Å². The van der Waals surface area contributed by atoms with Gasteiger partial charge in [-0.2, -0.15) is 4.31 Å². The first-order valence-corrected chi connectivity index (χ1v) is 8.41. The molecule has 2 heterocycles. The minimum absolute atomic E-state index is 0.0943. The lowest BCUT2D eigenvalue weighted by Crippen LogP contribution is -2.35. The average molecular weight is 309 g/mol. The molecule has 1 saturated heterocycles. The molecule has 1 aromatic carbocycles. The fraction of sp³-hybridized carbons (Fsp3) is 0.429. The van der Waals surface area contributed by atoms with E-state index in [2.05, 4.69) is 4.98 Å². The molecule has 6 nitrogen and oxygen atoms in total. The largest absolute Gasteiger partial charge is 0.399 e. The van der Waals surface area contributed by atoms with E-state index in [-0.39, 0.29) is 6.10 Å². The second-order valence-electron chi connectivity index (χ2n) is 5.36. The predicted octanol–water partition coefficient (Wildman–Crippen LogP) is 1.55. The Morgan fingerprint density at radius 1 is 1.43 bits per heavy atom. The Kier molecular flexibility index (Phi) is 3.64. The third-order valence-corrected chi connectivity index (χ3v) is 5.61. The highest BCUT2D eigenvalue weighted by molar-refractivity contribution is 7.89. The van der Waals surface area contributed by atoms with E-state index < -0.39 is 10.0 Å². The smallest absolute Gasteiger partial charge is 0.245 e. The molecule has 0 radical (unpaired) electrons. The van der Waals surface area contributed by atoms with Crippen LogP contribution in [0.4, 0.5) is 5.69 Å². The highest BCUT2D eigenvalue weighted by Gasteiger charge is 2.29. The average Bonchev–Trinajstić information content (AvgIpc) is 2.72. The molecule has 0 amide bonds. The van der Waals surface area contributed by atoms with Gasteiger partial charge in [0.15, 0.2) is 0 Å². The number of aromatic amines is 1. The first-order chi connectivity index (χ1) is 9.98. The maximum absolute atomic E-state index is 12.9. The van der Waals surface area contributed by atoms with E-state index in [1.54, 1.807) is 18.2 Å². The van der Waals surface area contributed by atoms with Crippen LogP contribution in [0.15, 0.2) is 29.3 Å². The number of sulfonamides is 1. The number of nitrogens with zero attached hydrogens (tertiary/aromatic N) is 1. The van der Waals surface area contributed by atoms with E-state index in [9.17, 15) is 8.42 Å². The van der Waals surface area contributed by atoms with Crippen LogP contribution in [0.5, 0.6) is 0 Å². The summed E-state index contributed by atoms with van der Waals surface area (Å²) in [7, 11) is -3.53. The summed E-state index contributed by atoms with van der Waals surface area (Å²) in [6.07, 6.45) is 2.15. The number of rotatable bonds is 2. The number of hydrogen-bond acceptors (Lipinski definition) is 4. The van der Waals surface area contributed by atoms with Crippen LogP contribution in [0.3, 0.4) is 0 Å². The molecule has 21 heavy (non-hydrogen) atoms. The molecule has 1 atom stereocenters. The number of nitrogen functional groups attached to an aromatic ring is 1. The number of aromatic nitrogens is 1. The summed E-state index contributed by atoms with van der Waals surface area (Å²) >= 11 is 0. The van der Waals surface area contributed by atoms with Crippen LogP contribution >= 0.6 is 0 Å². The lowest BCUT2D eigenvalue weighted by Gasteiger charge is -2.21. The molecule has 1 fully saturated rings. The molecule has 3 rings (SSSR count). The molecule has 0 bridgehead atoms. The predicted molar refractivity (Wildman–Crippen MR) is 81.5 cm³/mol. The fourth-order valence-corrected chi connectivity index (χ4v) is 4.36. The van der Waals surface area contributed by atoms with Gasteiger partial charge in [-0.25, -0.2) is 8.42 Å². The number of anilines is 1. The van der Waals surface area contributed by atoms with Crippen molar-refractivity contribution in [2.24, 2.45) is 0 Å². The van der Waals surface area contributed by atoms with Crippen LogP contribution in [-0.2, 0) is 14.8 Å². The lowest BCUT2D eigenvalue weighted by atomic mass is 10.2. The van der Waals surface area contributed by atoms with Crippen LogP contribution in [0, 0.1) is 0 Å². The molecule has 2 aromatic rings. The van der Waals surface area contributed by atoms with Gasteiger partial charge in [-0.15, -0.1) is 0 Å². The monoisotopic (exact) mass is 309 g/mol. The maximum Gasteiger partial charge on any atom is 0.245 e. The van der Waals surface area contributed by atoms with Gasteiger partial charge < -0.3 is 15.5 Å². The van der Waals surface area contributed by atoms with Gasteiger partial charge in [-0.05, 0) is 31.5 Å². The molecule has 0 saturated carbocycles. The third kappa shape index (κ3) is 2.64. The van der Waals surface area contributed by atoms with Crippen molar-refractivity contribution in [3.63, 3.8) is 0 Å². The zero-order valence-electron chi connectivity index (χ0n) is 11.9. The number of fused-ring (bicyclic) bond motifs is 1. The first-order valence-electron chi connectivity index (χ1n) is 6.97. The summed E-state index contributed by atoms with van der Waals surface area (Å²) in [4.78, 5) is 3.28.